The Labute approximate surface area is 183 Å². The van der Waals surface area contributed by atoms with Gasteiger partial charge in [-0.05, 0) is 60.4 Å². The third-order valence-corrected chi connectivity index (χ3v) is 5.00. The lowest BCUT2D eigenvalue weighted by atomic mass is 10.1. The summed E-state index contributed by atoms with van der Waals surface area (Å²) in [4.78, 5) is 36.9. The number of rotatable bonds is 7. The zero-order valence-electron chi connectivity index (χ0n) is 16.6. The molecular weight excluding hydrogens is 414 g/mol. The lowest BCUT2D eigenvalue weighted by molar-refractivity contribution is -0.384. The standard InChI is InChI=1S/C23H19N3O4S/c1-31-20-9-5-8-18(15-20)24-23(28)21(25-22(27)17-6-3-2-4-7-17)14-16-10-12-19(13-11-16)26(29)30/h2-15H,1H3,(H,24,28)(H,25,27)/b21-14+. The van der Waals surface area contributed by atoms with Crippen molar-refractivity contribution in [3.63, 3.8) is 0 Å². The number of hydrogen-bond acceptors (Lipinski definition) is 5. The van der Waals surface area contributed by atoms with Crippen LogP contribution in [0.3, 0.4) is 0 Å². The van der Waals surface area contributed by atoms with Gasteiger partial charge in [0.05, 0.1) is 4.92 Å². The summed E-state index contributed by atoms with van der Waals surface area (Å²) in [6.07, 6.45) is 3.40. The van der Waals surface area contributed by atoms with Crippen LogP contribution in [0.25, 0.3) is 6.08 Å². The van der Waals surface area contributed by atoms with Crippen molar-refractivity contribution in [2.45, 2.75) is 4.90 Å². The van der Waals surface area contributed by atoms with Gasteiger partial charge >= 0.3 is 0 Å². The number of carbonyl (C=O) groups is 2. The van der Waals surface area contributed by atoms with E-state index in [4.69, 9.17) is 0 Å². The first-order valence-corrected chi connectivity index (χ1v) is 10.5. The van der Waals surface area contributed by atoms with Crippen LogP contribution in [-0.4, -0.2) is 23.0 Å². The molecule has 0 aliphatic heterocycles. The van der Waals surface area contributed by atoms with Gasteiger partial charge in [0.25, 0.3) is 17.5 Å². The van der Waals surface area contributed by atoms with Crippen molar-refractivity contribution in [3.8, 4) is 0 Å². The maximum absolute atomic E-state index is 12.9. The molecule has 156 valence electrons. The summed E-state index contributed by atoms with van der Waals surface area (Å²) in [7, 11) is 0. The number of hydrogen-bond donors (Lipinski definition) is 2. The molecule has 0 unspecified atom stereocenters. The van der Waals surface area contributed by atoms with Gasteiger partial charge in [-0.25, -0.2) is 0 Å². The van der Waals surface area contributed by atoms with E-state index in [1.54, 1.807) is 48.2 Å². The van der Waals surface area contributed by atoms with Gasteiger partial charge in [0.15, 0.2) is 0 Å². The quantitative estimate of drug-likeness (QED) is 0.243. The minimum atomic E-state index is -0.513. The van der Waals surface area contributed by atoms with E-state index in [-0.39, 0.29) is 11.4 Å². The normalized spacial score (nSPS) is 10.9. The van der Waals surface area contributed by atoms with Gasteiger partial charge in [-0.15, -0.1) is 11.8 Å². The maximum atomic E-state index is 12.9. The Morgan fingerprint density at radius 2 is 1.68 bits per heavy atom. The van der Waals surface area contributed by atoms with Crippen LogP contribution in [0.2, 0.25) is 0 Å². The highest BCUT2D eigenvalue weighted by Crippen LogP contribution is 2.20. The van der Waals surface area contributed by atoms with Crippen LogP contribution < -0.4 is 10.6 Å². The van der Waals surface area contributed by atoms with E-state index in [0.29, 0.717) is 16.8 Å². The molecule has 0 heterocycles. The van der Waals surface area contributed by atoms with Crippen molar-refractivity contribution in [1.29, 1.82) is 0 Å². The largest absolute Gasteiger partial charge is 0.321 e. The monoisotopic (exact) mass is 433 g/mol. The Balaban J connectivity index is 1.89. The second kappa shape index (κ2) is 10.2. The predicted octanol–water partition coefficient (Wildman–Crippen LogP) is 4.73. The Hall–Kier alpha value is -3.91. The molecule has 2 N–H and O–H groups in total. The molecule has 3 rings (SSSR count). The highest BCUT2D eigenvalue weighted by Gasteiger charge is 2.15. The number of benzene rings is 3. The lowest BCUT2D eigenvalue weighted by Crippen LogP contribution is -2.30. The molecule has 0 aromatic heterocycles. The van der Waals surface area contributed by atoms with Crippen molar-refractivity contribution in [2.75, 3.05) is 11.6 Å². The van der Waals surface area contributed by atoms with Crippen molar-refractivity contribution in [2.24, 2.45) is 0 Å². The van der Waals surface area contributed by atoms with E-state index in [2.05, 4.69) is 10.6 Å². The average Bonchev–Trinajstić information content (AvgIpc) is 2.79. The molecule has 0 radical (unpaired) electrons. The Morgan fingerprint density at radius 1 is 0.968 bits per heavy atom. The number of anilines is 1. The Kier molecular flexibility index (Phi) is 7.18. The minimum Gasteiger partial charge on any atom is -0.321 e. The SMILES string of the molecule is CSc1cccc(NC(=O)/C(=C\c2ccc([N+](=O)[O-])cc2)NC(=O)c2ccccc2)c1. The molecule has 0 fully saturated rings. The molecule has 0 saturated heterocycles. The lowest BCUT2D eigenvalue weighted by Gasteiger charge is -2.12. The molecule has 0 bridgehead atoms. The molecule has 2 amide bonds. The number of nitrogens with zero attached hydrogens (tertiary/aromatic N) is 1. The van der Waals surface area contributed by atoms with Gasteiger partial charge in [-0.3, -0.25) is 19.7 Å². The number of nitro groups is 1. The number of nitrogens with one attached hydrogen (secondary N) is 2. The molecule has 3 aromatic rings. The molecule has 0 aliphatic carbocycles. The number of thioether (sulfide) groups is 1. The van der Waals surface area contributed by atoms with Crippen LogP contribution in [0.5, 0.6) is 0 Å². The van der Waals surface area contributed by atoms with Crippen LogP contribution in [0, 0.1) is 10.1 Å². The number of carbonyl (C=O) groups excluding carboxylic acids is 2. The zero-order chi connectivity index (χ0) is 22.2. The van der Waals surface area contributed by atoms with E-state index in [1.165, 1.54) is 30.3 Å². The summed E-state index contributed by atoms with van der Waals surface area (Å²) in [5, 5.41) is 16.3. The first-order chi connectivity index (χ1) is 15.0. The van der Waals surface area contributed by atoms with Gasteiger partial charge in [-0.1, -0.05) is 24.3 Å². The summed E-state index contributed by atoms with van der Waals surface area (Å²) in [6, 6.07) is 21.5. The van der Waals surface area contributed by atoms with Gasteiger partial charge in [0.1, 0.15) is 5.70 Å². The number of non-ortho nitro benzene ring substituents is 1. The number of amides is 2. The summed E-state index contributed by atoms with van der Waals surface area (Å²) in [6.45, 7) is 0. The molecule has 7 nitrogen and oxygen atoms in total. The van der Waals surface area contributed by atoms with Crippen LogP contribution in [0.15, 0.2) is 89.5 Å². The topological polar surface area (TPSA) is 101 Å². The van der Waals surface area contributed by atoms with E-state index < -0.39 is 16.7 Å². The van der Waals surface area contributed by atoms with Crippen LogP contribution in [0.1, 0.15) is 15.9 Å². The summed E-state index contributed by atoms with van der Waals surface area (Å²) in [5.74, 6) is -0.956. The molecule has 0 atom stereocenters. The van der Waals surface area contributed by atoms with Gasteiger partial charge in [0.2, 0.25) is 0 Å². The Morgan fingerprint density at radius 3 is 2.32 bits per heavy atom. The fraction of sp³-hybridized carbons (Fsp3) is 0.0435. The molecule has 8 heteroatoms. The average molecular weight is 433 g/mol. The second-order valence-corrected chi connectivity index (χ2v) is 7.29. The third kappa shape index (κ3) is 6.03. The van der Waals surface area contributed by atoms with Gasteiger partial charge in [-0.2, -0.15) is 0 Å². The van der Waals surface area contributed by atoms with Crippen molar-refractivity contribution < 1.29 is 14.5 Å². The molecule has 0 aliphatic rings. The van der Waals surface area contributed by atoms with E-state index in [0.717, 1.165) is 4.90 Å². The predicted molar refractivity (Wildman–Crippen MR) is 122 cm³/mol. The summed E-state index contributed by atoms with van der Waals surface area (Å²) in [5.41, 5.74) is 1.46. The van der Waals surface area contributed by atoms with Crippen LogP contribution in [-0.2, 0) is 4.79 Å². The van der Waals surface area contributed by atoms with Crippen molar-refractivity contribution >= 4 is 41.0 Å². The molecule has 0 spiro atoms. The minimum absolute atomic E-state index is 0.0114. The van der Waals surface area contributed by atoms with E-state index >= 15 is 0 Å². The van der Waals surface area contributed by atoms with E-state index in [1.807, 2.05) is 24.5 Å². The third-order valence-electron chi connectivity index (χ3n) is 4.27. The first-order valence-electron chi connectivity index (χ1n) is 9.24. The first kappa shape index (κ1) is 21.8. The van der Waals surface area contributed by atoms with Gasteiger partial charge in [0, 0.05) is 28.3 Å². The zero-order valence-corrected chi connectivity index (χ0v) is 17.4. The highest BCUT2D eigenvalue weighted by atomic mass is 32.2. The van der Waals surface area contributed by atoms with Gasteiger partial charge < -0.3 is 10.6 Å². The fourth-order valence-electron chi connectivity index (χ4n) is 2.70. The number of nitro benzene ring substituents is 1. The second-order valence-electron chi connectivity index (χ2n) is 6.41. The van der Waals surface area contributed by atoms with Crippen LogP contribution in [0.4, 0.5) is 11.4 Å². The van der Waals surface area contributed by atoms with Crippen molar-refractivity contribution in [3.05, 3.63) is 106 Å². The molecular formula is C23H19N3O4S. The van der Waals surface area contributed by atoms with Crippen molar-refractivity contribution in [1.82, 2.24) is 5.32 Å². The smallest absolute Gasteiger partial charge is 0.272 e. The molecule has 3 aromatic carbocycles. The van der Waals surface area contributed by atoms with E-state index in [9.17, 15) is 19.7 Å². The summed E-state index contributed by atoms with van der Waals surface area (Å²) >= 11 is 1.54. The molecule has 31 heavy (non-hydrogen) atoms. The molecule has 0 saturated carbocycles. The highest BCUT2D eigenvalue weighted by molar-refractivity contribution is 7.98. The Bertz CT molecular complexity index is 1130. The van der Waals surface area contributed by atoms with Crippen LogP contribution >= 0.6 is 11.8 Å². The summed E-state index contributed by atoms with van der Waals surface area (Å²) < 4.78 is 0. The maximum Gasteiger partial charge on any atom is 0.272 e. The fourth-order valence-corrected chi connectivity index (χ4v) is 3.16.